The Morgan fingerprint density at radius 3 is 2.53 bits per heavy atom. The van der Waals surface area contributed by atoms with E-state index in [1.807, 2.05) is 0 Å². The van der Waals surface area contributed by atoms with E-state index in [9.17, 15) is 22.8 Å². The van der Waals surface area contributed by atoms with Crippen molar-refractivity contribution in [1.29, 1.82) is 0 Å². The van der Waals surface area contributed by atoms with Crippen molar-refractivity contribution in [3.8, 4) is 0 Å². The summed E-state index contributed by atoms with van der Waals surface area (Å²) in [6.07, 6.45) is -2.06. The molecule has 3 N–H and O–H groups in total. The number of hydrogen-bond donors (Lipinski definition) is 3. The average molecular weight is 548 g/mol. The van der Waals surface area contributed by atoms with Crippen molar-refractivity contribution >= 4 is 40.6 Å². The number of nitrogens with one attached hydrogen (secondary N) is 3. The molecule has 0 spiro atoms. The van der Waals surface area contributed by atoms with Crippen LogP contribution in [-0.2, 0) is 21.1 Å². The van der Waals surface area contributed by atoms with Gasteiger partial charge in [0.25, 0.3) is 5.91 Å². The lowest BCUT2D eigenvalue weighted by atomic mass is 10.00. The molecule has 1 aliphatic rings. The number of carbonyl (C=O) groups is 2. The predicted molar refractivity (Wildman–Crippen MR) is 138 cm³/mol. The summed E-state index contributed by atoms with van der Waals surface area (Å²) in [5, 5.41) is 7.99. The molecular weight excluding hydrogens is 523 g/mol. The first-order valence-corrected chi connectivity index (χ1v) is 12.1. The fourth-order valence-electron chi connectivity index (χ4n) is 3.88. The van der Waals surface area contributed by atoms with Crippen LogP contribution in [0.5, 0.6) is 0 Å². The summed E-state index contributed by atoms with van der Waals surface area (Å²) < 4.78 is 44.5. The number of methoxy groups -OCH3 is 1. The summed E-state index contributed by atoms with van der Waals surface area (Å²) in [6, 6.07) is 9.52. The largest absolute Gasteiger partial charge is 0.417 e. The number of hydrogen-bond acceptors (Lipinski definition) is 6. The number of carbonyl (C=O) groups excluding carboxylic acids is 2. The minimum Gasteiger partial charge on any atom is -0.383 e. The number of aryl methyl sites for hydroxylation is 1. The molecule has 12 heteroatoms. The topological polar surface area (TPSA) is 105 Å². The third-order valence-electron chi connectivity index (χ3n) is 6.23. The molecule has 4 rings (SSSR count). The highest BCUT2D eigenvalue weighted by Crippen LogP contribution is 2.48. The summed E-state index contributed by atoms with van der Waals surface area (Å²) in [4.78, 5) is 34.6. The van der Waals surface area contributed by atoms with Gasteiger partial charge < -0.3 is 20.7 Å². The Kier molecular flexibility index (Phi) is 7.89. The van der Waals surface area contributed by atoms with Crippen molar-refractivity contribution in [1.82, 2.24) is 9.97 Å². The van der Waals surface area contributed by atoms with Crippen LogP contribution in [0.4, 0.5) is 30.4 Å². The van der Waals surface area contributed by atoms with Gasteiger partial charge in [-0.25, -0.2) is 9.97 Å². The van der Waals surface area contributed by atoms with Crippen LogP contribution in [0.25, 0.3) is 0 Å². The van der Waals surface area contributed by atoms with Crippen LogP contribution >= 0.6 is 11.6 Å². The fraction of sp³-hybridized carbons (Fsp3) is 0.308. The summed E-state index contributed by atoms with van der Waals surface area (Å²) in [5.41, 5.74) is -0.0677. The van der Waals surface area contributed by atoms with E-state index in [0.717, 1.165) is 12.1 Å². The lowest BCUT2D eigenvalue weighted by Gasteiger charge is -2.17. The zero-order chi connectivity index (χ0) is 27.5. The van der Waals surface area contributed by atoms with Crippen LogP contribution in [0.2, 0.25) is 5.02 Å². The first-order valence-electron chi connectivity index (χ1n) is 11.7. The van der Waals surface area contributed by atoms with Crippen LogP contribution in [0.15, 0.2) is 48.8 Å². The van der Waals surface area contributed by atoms with E-state index >= 15 is 0 Å². The molecule has 0 bridgehead atoms. The molecule has 1 heterocycles. The van der Waals surface area contributed by atoms with Crippen LogP contribution in [0.1, 0.15) is 40.0 Å². The van der Waals surface area contributed by atoms with Crippen LogP contribution < -0.4 is 16.0 Å². The minimum absolute atomic E-state index is 0.0616. The number of benzene rings is 2. The van der Waals surface area contributed by atoms with Gasteiger partial charge in [0, 0.05) is 36.7 Å². The van der Waals surface area contributed by atoms with E-state index in [-0.39, 0.29) is 17.2 Å². The van der Waals surface area contributed by atoms with Gasteiger partial charge in [-0.1, -0.05) is 17.7 Å². The van der Waals surface area contributed by atoms with Gasteiger partial charge in [-0.15, -0.1) is 0 Å². The number of halogens is 4. The Balaban J connectivity index is 1.49. The second-order valence-corrected chi connectivity index (χ2v) is 9.33. The molecule has 1 saturated carbocycles. The van der Waals surface area contributed by atoms with Gasteiger partial charge in [0.05, 0.1) is 28.3 Å². The molecule has 2 amide bonds. The number of nitrogens with zero attached hydrogens (tertiary/aromatic N) is 2. The van der Waals surface area contributed by atoms with Gasteiger partial charge >= 0.3 is 6.18 Å². The number of rotatable bonds is 9. The summed E-state index contributed by atoms with van der Waals surface area (Å²) in [7, 11) is 1.60. The lowest BCUT2D eigenvalue weighted by Crippen LogP contribution is -2.29. The zero-order valence-electron chi connectivity index (χ0n) is 20.6. The van der Waals surface area contributed by atoms with E-state index in [2.05, 4.69) is 25.9 Å². The third-order valence-corrected chi connectivity index (χ3v) is 6.56. The second kappa shape index (κ2) is 11.0. The Bertz CT molecular complexity index is 1360. The maximum Gasteiger partial charge on any atom is 0.417 e. The quantitative estimate of drug-likeness (QED) is 0.308. The maximum absolute atomic E-state index is 13.3. The molecule has 0 saturated heterocycles. The van der Waals surface area contributed by atoms with Gasteiger partial charge in [0.15, 0.2) is 0 Å². The van der Waals surface area contributed by atoms with Gasteiger partial charge in [-0.3, -0.25) is 9.59 Å². The minimum atomic E-state index is -4.66. The van der Waals surface area contributed by atoms with Crippen molar-refractivity contribution in [3.63, 3.8) is 0 Å². The first-order chi connectivity index (χ1) is 18.0. The van der Waals surface area contributed by atoms with Crippen LogP contribution in [-0.4, -0.2) is 42.0 Å². The number of aromatic nitrogens is 2. The number of alkyl halides is 3. The molecule has 1 fully saturated rings. The van der Waals surface area contributed by atoms with Crippen molar-refractivity contribution in [3.05, 3.63) is 76.2 Å². The van der Waals surface area contributed by atoms with Crippen molar-refractivity contribution in [2.45, 2.75) is 31.4 Å². The highest BCUT2D eigenvalue weighted by atomic mass is 35.5. The molecule has 38 heavy (non-hydrogen) atoms. The smallest absolute Gasteiger partial charge is 0.383 e. The van der Waals surface area contributed by atoms with E-state index in [4.69, 9.17) is 16.3 Å². The lowest BCUT2D eigenvalue weighted by molar-refractivity contribution is -0.137. The van der Waals surface area contributed by atoms with Crippen LogP contribution in [0, 0.1) is 6.92 Å². The van der Waals surface area contributed by atoms with Gasteiger partial charge in [-0.05, 0) is 55.7 Å². The van der Waals surface area contributed by atoms with Gasteiger partial charge in [0.2, 0.25) is 5.91 Å². The van der Waals surface area contributed by atoms with Crippen molar-refractivity contribution in [2.24, 2.45) is 0 Å². The van der Waals surface area contributed by atoms with Crippen molar-refractivity contribution in [2.75, 3.05) is 36.2 Å². The molecule has 1 aromatic heterocycles. The Labute approximate surface area is 222 Å². The molecular formula is C26H25ClF3N5O3. The molecule has 200 valence electrons. The number of amides is 2. The predicted octanol–water partition coefficient (Wildman–Crippen LogP) is 5.44. The maximum atomic E-state index is 13.3. The molecule has 0 radical (unpaired) electrons. The SMILES string of the molecule is COCCNc1cc(C2(C(=O)Nc3cc(C(=O)Nc4ccc(Cl)c(C(F)(F)F)c4)ccc3C)CC2)ncn1. The Morgan fingerprint density at radius 2 is 1.84 bits per heavy atom. The molecule has 0 aliphatic heterocycles. The molecule has 2 aromatic carbocycles. The monoisotopic (exact) mass is 547 g/mol. The standard InChI is InChI=1S/C26H25ClF3N5O3/c1-15-3-4-16(23(36)34-17-5-6-19(27)18(12-17)26(28,29)30)11-20(15)35-24(37)25(7-8-25)21-13-22(33-14-32-21)31-9-10-38-2/h3-6,11-14H,7-10H2,1-2H3,(H,34,36)(H,35,37)(H,31,32,33). The normalized spacial score (nSPS) is 14.1. The molecule has 3 aromatic rings. The Morgan fingerprint density at radius 1 is 1.08 bits per heavy atom. The summed E-state index contributed by atoms with van der Waals surface area (Å²) >= 11 is 5.65. The number of anilines is 3. The molecule has 8 nitrogen and oxygen atoms in total. The molecule has 1 aliphatic carbocycles. The van der Waals surface area contributed by atoms with Crippen LogP contribution in [0.3, 0.4) is 0 Å². The highest BCUT2D eigenvalue weighted by Gasteiger charge is 2.53. The summed E-state index contributed by atoms with van der Waals surface area (Å²) in [6.45, 7) is 2.82. The molecule has 0 unspecified atom stereocenters. The summed E-state index contributed by atoms with van der Waals surface area (Å²) in [5.74, 6) is -0.330. The zero-order valence-corrected chi connectivity index (χ0v) is 21.3. The van der Waals surface area contributed by atoms with Crippen molar-refractivity contribution < 1.29 is 27.5 Å². The van der Waals surface area contributed by atoms with E-state index in [1.165, 1.54) is 24.5 Å². The molecule has 0 atom stereocenters. The third kappa shape index (κ3) is 6.05. The van der Waals surface area contributed by atoms with E-state index < -0.39 is 28.1 Å². The first kappa shape index (κ1) is 27.3. The van der Waals surface area contributed by atoms with E-state index in [1.54, 1.807) is 26.2 Å². The van der Waals surface area contributed by atoms with Gasteiger partial charge in [0.1, 0.15) is 12.1 Å². The second-order valence-electron chi connectivity index (χ2n) is 8.92. The Hall–Kier alpha value is -3.70. The average Bonchev–Trinajstić information content (AvgIpc) is 3.68. The fourth-order valence-corrected chi connectivity index (χ4v) is 4.11. The van der Waals surface area contributed by atoms with Gasteiger partial charge in [-0.2, -0.15) is 13.2 Å². The number of ether oxygens (including phenoxy) is 1. The van der Waals surface area contributed by atoms with E-state index in [0.29, 0.717) is 48.8 Å². The highest BCUT2D eigenvalue weighted by molar-refractivity contribution is 6.31.